The second-order valence-corrected chi connectivity index (χ2v) is 3.46. The smallest absolute Gasteiger partial charge is 0.266 e. The molecule has 0 saturated carbocycles. The molecular formula is C8H4Cl2N6O. The zero-order valence-electron chi connectivity index (χ0n) is 8.40. The molecule has 0 aliphatic carbocycles. The lowest BCUT2D eigenvalue weighted by Gasteiger charge is -2.05. The van der Waals surface area contributed by atoms with Crippen molar-refractivity contribution in [3.63, 3.8) is 0 Å². The second kappa shape index (κ2) is 5.30. The van der Waals surface area contributed by atoms with Crippen LogP contribution in [0.25, 0.3) is 0 Å². The molecule has 1 rings (SSSR count). The van der Waals surface area contributed by atoms with Crippen LogP contribution < -0.4 is 11.0 Å². The Bertz CT molecular complexity index is 605. The molecule has 9 heteroatoms. The first-order valence-corrected chi connectivity index (χ1v) is 4.83. The Labute approximate surface area is 105 Å². The van der Waals surface area contributed by atoms with Crippen LogP contribution in [-0.2, 0) is 7.05 Å². The average Bonchev–Trinajstić information content (AvgIpc) is 2.33. The van der Waals surface area contributed by atoms with Crippen LogP contribution in [0.4, 0.5) is 5.82 Å². The molecule has 0 amide bonds. The Hall–Kier alpha value is -2.09. The Morgan fingerprint density at radius 1 is 1.41 bits per heavy atom. The number of nitriles is 2. The highest BCUT2D eigenvalue weighted by Crippen LogP contribution is 2.24. The van der Waals surface area contributed by atoms with E-state index in [0.717, 1.165) is 4.68 Å². The van der Waals surface area contributed by atoms with Gasteiger partial charge in [-0.1, -0.05) is 23.2 Å². The van der Waals surface area contributed by atoms with Gasteiger partial charge in [0.05, 0.1) is 0 Å². The first kappa shape index (κ1) is 13.0. The first-order chi connectivity index (χ1) is 8.01. The van der Waals surface area contributed by atoms with Crippen LogP contribution in [0.3, 0.4) is 0 Å². The summed E-state index contributed by atoms with van der Waals surface area (Å²) in [6.45, 7) is 0. The summed E-state index contributed by atoms with van der Waals surface area (Å²) in [5.74, 6) is -0.0261. The van der Waals surface area contributed by atoms with Crippen molar-refractivity contribution in [1.82, 2.24) is 9.78 Å². The summed E-state index contributed by atoms with van der Waals surface area (Å²) in [6.07, 6.45) is 0. The predicted octanol–water partition coefficient (Wildman–Crippen LogP) is 0.902. The molecule has 0 saturated heterocycles. The van der Waals surface area contributed by atoms with E-state index in [-0.39, 0.29) is 15.9 Å². The van der Waals surface area contributed by atoms with Gasteiger partial charge in [-0.3, -0.25) is 10.2 Å². The summed E-state index contributed by atoms with van der Waals surface area (Å²) < 4.78 is 0.949. The van der Waals surface area contributed by atoms with Crippen molar-refractivity contribution in [3.05, 3.63) is 20.4 Å². The predicted molar refractivity (Wildman–Crippen MR) is 61.8 cm³/mol. The molecule has 0 radical (unpaired) electrons. The lowest BCUT2D eigenvalue weighted by Crippen LogP contribution is -2.21. The summed E-state index contributed by atoms with van der Waals surface area (Å²) in [5, 5.41) is 23.7. The number of aryl methyl sites for hydroxylation is 1. The molecule has 0 spiro atoms. The Morgan fingerprint density at radius 3 is 2.53 bits per heavy atom. The maximum Gasteiger partial charge on any atom is 0.286 e. The molecule has 0 aromatic carbocycles. The van der Waals surface area contributed by atoms with Crippen molar-refractivity contribution in [2.24, 2.45) is 12.1 Å². The van der Waals surface area contributed by atoms with Crippen LogP contribution in [0.5, 0.6) is 0 Å². The second-order valence-electron chi connectivity index (χ2n) is 2.70. The van der Waals surface area contributed by atoms with Gasteiger partial charge in [-0.2, -0.15) is 15.6 Å². The van der Waals surface area contributed by atoms with E-state index >= 15 is 0 Å². The Kier molecular flexibility index (Phi) is 4.05. The van der Waals surface area contributed by atoms with Crippen LogP contribution in [0.1, 0.15) is 0 Å². The van der Waals surface area contributed by atoms with Gasteiger partial charge in [-0.05, 0) is 0 Å². The van der Waals surface area contributed by atoms with E-state index < -0.39 is 11.3 Å². The number of aromatic nitrogens is 2. The molecule has 0 atom stereocenters. The van der Waals surface area contributed by atoms with E-state index in [1.54, 1.807) is 0 Å². The minimum atomic E-state index is -0.563. The molecule has 0 unspecified atom stereocenters. The molecular weight excluding hydrogens is 267 g/mol. The maximum atomic E-state index is 11.3. The quantitative estimate of drug-likeness (QED) is 0.635. The van der Waals surface area contributed by atoms with Gasteiger partial charge in [-0.15, -0.1) is 5.10 Å². The lowest BCUT2D eigenvalue weighted by atomic mass is 10.5. The average molecular weight is 271 g/mol. The molecule has 1 aromatic rings. The zero-order valence-corrected chi connectivity index (χ0v) is 9.91. The summed E-state index contributed by atoms with van der Waals surface area (Å²) >= 11 is 11.4. The van der Waals surface area contributed by atoms with Crippen LogP contribution in [0.15, 0.2) is 9.90 Å². The third kappa shape index (κ3) is 2.72. The van der Waals surface area contributed by atoms with Crippen molar-refractivity contribution in [3.8, 4) is 12.1 Å². The van der Waals surface area contributed by atoms with Crippen LogP contribution in [0.2, 0.25) is 10.0 Å². The molecule has 7 nitrogen and oxygen atoms in total. The first-order valence-electron chi connectivity index (χ1n) is 4.07. The molecule has 86 valence electrons. The van der Waals surface area contributed by atoms with Gasteiger partial charge < -0.3 is 0 Å². The van der Waals surface area contributed by atoms with Gasteiger partial charge in [0.2, 0.25) is 5.71 Å². The number of rotatable bonds is 2. The van der Waals surface area contributed by atoms with Gasteiger partial charge in [0.1, 0.15) is 22.2 Å². The van der Waals surface area contributed by atoms with Crippen LogP contribution in [-0.4, -0.2) is 15.5 Å². The van der Waals surface area contributed by atoms with Crippen LogP contribution >= 0.6 is 23.2 Å². The monoisotopic (exact) mass is 270 g/mol. The van der Waals surface area contributed by atoms with Crippen molar-refractivity contribution in [1.29, 1.82) is 10.5 Å². The van der Waals surface area contributed by atoms with Gasteiger partial charge in [0, 0.05) is 7.05 Å². The number of halogens is 2. The SMILES string of the molecule is Cn1nc(NN=C(C#N)C#N)c(Cl)c(Cl)c1=O. The fourth-order valence-electron chi connectivity index (χ4n) is 0.834. The summed E-state index contributed by atoms with van der Waals surface area (Å²) in [5.41, 5.74) is 1.31. The standard InChI is InChI=1S/C8H4Cl2N6O/c1-16-8(17)6(10)5(9)7(15-16)14-13-4(2-11)3-12/h1H3,(H,14,15). The van der Waals surface area contributed by atoms with Gasteiger partial charge in [-0.25, -0.2) is 4.68 Å². The largest absolute Gasteiger partial charge is 0.286 e. The fourth-order valence-corrected chi connectivity index (χ4v) is 1.21. The fraction of sp³-hybridized carbons (Fsp3) is 0.125. The topological polar surface area (TPSA) is 107 Å². The van der Waals surface area contributed by atoms with E-state index in [2.05, 4.69) is 15.6 Å². The normalized spacial score (nSPS) is 9.00. The van der Waals surface area contributed by atoms with Crippen molar-refractivity contribution in [2.45, 2.75) is 0 Å². The van der Waals surface area contributed by atoms with E-state index in [1.165, 1.54) is 19.2 Å². The van der Waals surface area contributed by atoms with Crippen LogP contribution in [0, 0.1) is 22.7 Å². The highest BCUT2D eigenvalue weighted by Gasteiger charge is 2.12. The van der Waals surface area contributed by atoms with E-state index in [4.69, 9.17) is 33.7 Å². The van der Waals surface area contributed by atoms with Crippen molar-refractivity contribution < 1.29 is 0 Å². The summed E-state index contributed by atoms with van der Waals surface area (Å²) in [6, 6.07) is 3.07. The maximum absolute atomic E-state index is 11.3. The number of nitrogens with zero attached hydrogens (tertiary/aromatic N) is 5. The van der Waals surface area contributed by atoms with Gasteiger partial charge in [0.25, 0.3) is 5.56 Å². The number of hydrazone groups is 1. The molecule has 17 heavy (non-hydrogen) atoms. The van der Waals surface area contributed by atoms with E-state index in [9.17, 15) is 4.79 Å². The Morgan fingerprint density at radius 2 is 2.00 bits per heavy atom. The lowest BCUT2D eigenvalue weighted by molar-refractivity contribution is 0.711. The minimum absolute atomic E-state index is 0.0261. The number of hydrogen-bond donors (Lipinski definition) is 1. The van der Waals surface area contributed by atoms with Crippen molar-refractivity contribution >= 4 is 34.7 Å². The number of nitrogens with one attached hydrogen (secondary N) is 1. The number of hydrogen-bond acceptors (Lipinski definition) is 6. The molecule has 1 N–H and O–H groups in total. The molecule has 0 fully saturated rings. The molecule has 1 heterocycles. The highest BCUT2D eigenvalue weighted by molar-refractivity contribution is 6.43. The van der Waals surface area contributed by atoms with E-state index in [1.807, 2.05) is 0 Å². The summed E-state index contributed by atoms with van der Waals surface area (Å²) in [4.78, 5) is 11.3. The molecule has 1 aromatic heterocycles. The zero-order chi connectivity index (χ0) is 13.0. The number of anilines is 1. The Balaban J connectivity index is 3.20. The van der Waals surface area contributed by atoms with Gasteiger partial charge in [0.15, 0.2) is 5.82 Å². The van der Waals surface area contributed by atoms with E-state index in [0.29, 0.717) is 0 Å². The molecule has 0 aliphatic heterocycles. The van der Waals surface area contributed by atoms with Gasteiger partial charge >= 0.3 is 0 Å². The minimum Gasteiger partial charge on any atom is -0.266 e. The third-order valence-electron chi connectivity index (χ3n) is 1.62. The van der Waals surface area contributed by atoms with Crippen molar-refractivity contribution in [2.75, 3.05) is 5.43 Å². The molecule has 0 aliphatic rings. The highest BCUT2D eigenvalue weighted by atomic mass is 35.5. The summed E-state index contributed by atoms with van der Waals surface area (Å²) in [7, 11) is 1.37. The third-order valence-corrected chi connectivity index (χ3v) is 2.43. The molecule has 0 bridgehead atoms.